The van der Waals surface area contributed by atoms with E-state index in [4.69, 9.17) is 11.6 Å². The fourth-order valence-electron chi connectivity index (χ4n) is 2.07. The van der Waals surface area contributed by atoms with Crippen molar-refractivity contribution >= 4 is 28.6 Å². The van der Waals surface area contributed by atoms with Crippen LogP contribution >= 0.6 is 22.9 Å². The molecule has 0 saturated heterocycles. The molecule has 0 amide bonds. The maximum Gasteiger partial charge on any atom is 0.285 e. The molecule has 0 atom stereocenters. The van der Waals surface area contributed by atoms with Gasteiger partial charge >= 0.3 is 0 Å². The fraction of sp³-hybridized carbons (Fsp3) is 0.0667. The van der Waals surface area contributed by atoms with E-state index >= 15 is 0 Å². The van der Waals surface area contributed by atoms with Crippen molar-refractivity contribution in [3.05, 3.63) is 78.5 Å². The highest BCUT2D eigenvalue weighted by molar-refractivity contribution is 7.09. The molecule has 0 bridgehead atoms. The van der Waals surface area contributed by atoms with Crippen LogP contribution in [-0.2, 0) is 6.54 Å². The van der Waals surface area contributed by atoms with E-state index in [1.807, 2.05) is 23.6 Å². The molecule has 0 aliphatic rings. The van der Waals surface area contributed by atoms with Gasteiger partial charge < -0.3 is 4.57 Å². The SMILES string of the molecule is O=c1ccc([N+](=O)[O-])cn1Cc1nc(-c2ccccc2Cl)cs1. The van der Waals surface area contributed by atoms with Gasteiger partial charge in [0.15, 0.2) is 0 Å². The maximum atomic E-state index is 11.8. The summed E-state index contributed by atoms with van der Waals surface area (Å²) >= 11 is 7.52. The molecule has 1 aromatic carbocycles. The highest BCUT2D eigenvalue weighted by atomic mass is 35.5. The predicted octanol–water partition coefficient (Wildman–Crippen LogP) is 3.58. The Kier molecular flexibility index (Phi) is 4.22. The van der Waals surface area contributed by atoms with Gasteiger partial charge in [0.2, 0.25) is 0 Å². The smallest absolute Gasteiger partial charge is 0.285 e. The Balaban J connectivity index is 1.91. The summed E-state index contributed by atoms with van der Waals surface area (Å²) in [5.41, 5.74) is 1.08. The van der Waals surface area contributed by atoms with Crippen LogP contribution in [0.15, 0.2) is 52.8 Å². The van der Waals surface area contributed by atoms with Crippen LogP contribution in [0, 0.1) is 10.1 Å². The first-order valence-corrected chi connectivity index (χ1v) is 7.84. The summed E-state index contributed by atoms with van der Waals surface area (Å²) in [6, 6.07) is 9.71. The van der Waals surface area contributed by atoms with Crippen LogP contribution in [0.3, 0.4) is 0 Å². The Morgan fingerprint density at radius 1 is 1.26 bits per heavy atom. The van der Waals surface area contributed by atoms with E-state index in [0.29, 0.717) is 15.7 Å². The Bertz CT molecular complexity index is 935. The number of benzene rings is 1. The van der Waals surface area contributed by atoms with Crippen molar-refractivity contribution < 1.29 is 4.92 Å². The minimum absolute atomic E-state index is 0.132. The average molecular weight is 348 g/mol. The maximum absolute atomic E-state index is 11.8. The Hall–Kier alpha value is -2.51. The molecule has 0 spiro atoms. The number of nitrogens with zero attached hydrogens (tertiary/aromatic N) is 3. The molecule has 2 aromatic heterocycles. The van der Waals surface area contributed by atoms with Gasteiger partial charge in [-0.2, -0.15) is 0 Å². The average Bonchev–Trinajstić information content (AvgIpc) is 2.98. The summed E-state index contributed by atoms with van der Waals surface area (Å²) in [7, 11) is 0. The molecule has 116 valence electrons. The molecule has 2 heterocycles. The second kappa shape index (κ2) is 6.31. The molecular weight excluding hydrogens is 338 g/mol. The van der Waals surface area contributed by atoms with E-state index in [-0.39, 0.29) is 17.8 Å². The zero-order chi connectivity index (χ0) is 16.4. The summed E-state index contributed by atoms with van der Waals surface area (Å²) in [5.74, 6) is 0. The van der Waals surface area contributed by atoms with E-state index in [0.717, 1.165) is 5.56 Å². The molecule has 0 radical (unpaired) electrons. The van der Waals surface area contributed by atoms with E-state index in [1.54, 1.807) is 6.07 Å². The van der Waals surface area contributed by atoms with Crippen molar-refractivity contribution in [3.63, 3.8) is 0 Å². The van der Waals surface area contributed by atoms with Crippen LogP contribution in [0.25, 0.3) is 11.3 Å². The number of pyridine rings is 1. The van der Waals surface area contributed by atoms with E-state index in [2.05, 4.69) is 4.98 Å². The van der Waals surface area contributed by atoms with Crippen molar-refractivity contribution in [2.75, 3.05) is 0 Å². The number of aromatic nitrogens is 2. The normalized spacial score (nSPS) is 10.7. The number of hydrogen-bond donors (Lipinski definition) is 0. The molecule has 8 heteroatoms. The van der Waals surface area contributed by atoms with Crippen LogP contribution < -0.4 is 5.56 Å². The largest absolute Gasteiger partial charge is 0.302 e. The van der Waals surface area contributed by atoms with Crippen molar-refractivity contribution in [1.29, 1.82) is 0 Å². The molecule has 0 fully saturated rings. The summed E-state index contributed by atoms with van der Waals surface area (Å²) in [6.07, 6.45) is 1.22. The van der Waals surface area contributed by atoms with E-state index in [1.165, 1.54) is 34.2 Å². The van der Waals surface area contributed by atoms with Crippen LogP contribution in [0.1, 0.15) is 5.01 Å². The first-order chi connectivity index (χ1) is 11.0. The van der Waals surface area contributed by atoms with Crippen LogP contribution in [0.2, 0.25) is 5.02 Å². The van der Waals surface area contributed by atoms with Crippen LogP contribution in [0.4, 0.5) is 5.69 Å². The highest BCUT2D eigenvalue weighted by Gasteiger charge is 2.11. The monoisotopic (exact) mass is 347 g/mol. The Morgan fingerprint density at radius 3 is 2.78 bits per heavy atom. The second-order valence-electron chi connectivity index (χ2n) is 4.72. The van der Waals surface area contributed by atoms with Crippen molar-refractivity contribution in [2.24, 2.45) is 0 Å². The molecule has 0 aliphatic carbocycles. The lowest BCUT2D eigenvalue weighted by Crippen LogP contribution is -2.19. The zero-order valence-electron chi connectivity index (χ0n) is 11.7. The van der Waals surface area contributed by atoms with Gasteiger partial charge in [-0.25, -0.2) is 4.98 Å². The Labute approximate surface area is 139 Å². The number of rotatable bonds is 4. The highest BCUT2D eigenvalue weighted by Crippen LogP contribution is 2.28. The standard InChI is InChI=1S/C15H10ClN3O3S/c16-12-4-2-1-3-11(12)13-9-23-14(17-13)8-18-7-10(19(21)22)5-6-15(18)20/h1-7,9H,8H2. The van der Waals surface area contributed by atoms with E-state index < -0.39 is 4.92 Å². The van der Waals surface area contributed by atoms with Gasteiger partial charge in [-0.15, -0.1) is 11.3 Å². The molecule has 0 unspecified atom stereocenters. The second-order valence-corrected chi connectivity index (χ2v) is 6.07. The lowest BCUT2D eigenvalue weighted by molar-refractivity contribution is -0.385. The van der Waals surface area contributed by atoms with Crippen molar-refractivity contribution in [1.82, 2.24) is 9.55 Å². The number of hydrogen-bond acceptors (Lipinski definition) is 5. The summed E-state index contributed by atoms with van der Waals surface area (Å²) in [5, 5.41) is 13.9. The first kappa shape index (κ1) is 15.4. The third-order valence-corrected chi connectivity index (χ3v) is 4.35. The molecule has 23 heavy (non-hydrogen) atoms. The van der Waals surface area contributed by atoms with Gasteiger partial charge in [0.05, 0.1) is 23.4 Å². The van der Waals surface area contributed by atoms with Gasteiger partial charge in [0.25, 0.3) is 11.2 Å². The first-order valence-electron chi connectivity index (χ1n) is 6.59. The molecule has 0 aliphatic heterocycles. The van der Waals surface area contributed by atoms with Gasteiger partial charge in [0.1, 0.15) is 5.01 Å². The summed E-state index contributed by atoms with van der Waals surface area (Å²) in [4.78, 5) is 26.6. The fourth-order valence-corrected chi connectivity index (χ4v) is 3.10. The predicted molar refractivity (Wildman–Crippen MR) is 89.0 cm³/mol. The molecular formula is C15H10ClN3O3S. The Morgan fingerprint density at radius 2 is 2.04 bits per heavy atom. The van der Waals surface area contributed by atoms with Gasteiger partial charge in [-0.05, 0) is 6.07 Å². The third kappa shape index (κ3) is 3.30. The minimum Gasteiger partial charge on any atom is -0.302 e. The zero-order valence-corrected chi connectivity index (χ0v) is 13.3. The molecule has 3 rings (SSSR count). The summed E-state index contributed by atoms with van der Waals surface area (Å²) < 4.78 is 1.27. The number of nitro groups is 1. The number of thiazole rings is 1. The van der Waals surface area contributed by atoms with Crippen LogP contribution in [0.5, 0.6) is 0 Å². The van der Waals surface area contributed by atoms with Gasteiger partial charge in [0, 0.05) is 28.1 Å². The minimum atomic E-state index is -0.535. The topological polar surface area (TPSA) is 78.0 Å². The van der Waals surface area contributed by atoms with Crippen LogP contribution in [-0.4, -0.2) is 14.5 Å². The van der Waals surface area contributed by atoms with E-state index in [9.17, 15) is 14.9 Å². The molecule has 3 aromatic rings. The molecule has 0 N–H and O–H groups in total. The lowest BCUT2D eigenvalue weighted by Gasteiger charge is -2.02. The van der Waals surface area contributed by atoms with Gasteiger partial charge in [-0.3, -0.25) is 14.9 Å². The molecule has 6 nitrogen and oxygen atoms in total. The third-order valence-electron chi connectivity index (χ3n) is 3.19. The van der Waals surface area contributed by atoms with Crippen molar-refractivity contribution in [3.8, 4) is 11.3 Å². The van der Waals surface area contributed by atoms with Gasteiger partial charge in [-0.1, -0.05) is 29.8 Å². The molecule has 0 saturated carbocycles. The van der Waals surface area contributed by atoms with Crippen molar-refractivity contribution in [2.45, 2.75) is 6.54 Å². The lowest BCUT2D eigenvalue weighted by atomic mass is 10.2. The quantitative estimate of drug-likeness (QED) is 0.533. The number of halogens is 1. The summed E-state index contributed by atoms with van der Waals surface area (Å²) in [6.45, 7) is 0.176.